The predicted octanol–water partition coefficient (Wildman–Crippen LogP) is 8.60. The molecule has 2 aliphatic heterocycles. The summed E-state index contributed by atoms with van der Waals surface area (Å²) in [6.45, 7) is 25.2. The number of hydrogen-bond acceptors (Lipinski definition) is 8. The van der Waals surface area contributed by atoms with Gasteiger partial charge in [0.05, 0.1) is 12.7 Å². The lowest BCUT2D eigenvalue weighted by molar-refractivity contribution is -0.145. The monoisotopic (exact) mass is 915 g/mol. The highest BCUT2D eigenvalue weighted by molar-refractivity contribution is 6.74. The molecule has 4 aromatic carbocycles. The van der Waals surface area contributed by atoms with Crippen molar-refractivity contribution in [1.82, 2.24) is 19.6 Å². The van der Waals surface area contributed by atoms with Gasteiger partial charge in [0.2, 0.25) is 17.7 Å². The highest BCUT2D eigenvalue weighted by atomic mass is 28.4. The van der Waals surface area contributed by atoms with Crippen molar-refractivity contribution in [2.75, 3.05) is 82.4 Å². The molecule has 0 aromatic heterocycles. The van der Waals surface area contributed by atoms with Crippen LogP contribution in [0.4, 0.5) is 11.4 Å². The zero-order chi connectivity index (χ0) is 47.4. The van der Waals surface area contributed by atoms with Gasteiger partial charge in [-0.15, -0.1) is 0 Å². The second-order valence-corrected chi connectivity index (χ2v) is 24.5. The van der Waals surface area contributed by atoms with Crippen LogP contribution < -0.4 is 14.5 Å². The van der Waals surface area contributed by atoms with Gasteiger partial charge in [-0.3, -0.25) is 19.3 Å². The van der Waals surface area contributed by atoms with Crippen LogP contribution in [0.15, 0.2) is 109 Å². The van der Waals surface area contributed by atoms with Crippen LogP contribution in [0.2, 0.25) is 18.1 Å². The smallest absolute Gasteiger partial charge is 0.247 e. The summed E-state index contributed by atoms with van der Waals surface area (Å²) >= 11 is 0. The Morgan fingerprint density at radius 1 is 0.742 bits per heavy atom. The minimum absolute atomic E-state index is 0.0414. The number of benzene rings is 4. The Hall–Kier alpha value is -5.43. The second-order valence-electron chi connectivity index (χ2n) is 19.7. The number of carbonyl (C=O) groups excluding carboxylic acids is 3. The summed E-state index contributed by atoms with van der Waals surface area (Å²) in [5.74, 6) is 0.603. The van der Waals surface area contributed by atoms with Crippen molar-refractivity contribution in [2.45, 2.75) is 91.3 Å². The molecule has 0 spiro atoms. The molecule has 66 heavy (non-hydrogen) atoms. The molecule has 6 rings (SSSR count). The van der Waals surface area contributed by atoms with E-state index in [4.69, 9.17) is 9.16 Å². The Balaban J connectivity index is 1.16. The van der Waals surface area contributed by atoms with Gasteiger partial charge in [-0.1, -0.05) is 87.5 Å². The van der Waals surface area contributed by atoms with Crippen LogP contribution in [0.3, 0.4) is 0 Å². The number of carbonyl (C=O) groups is 3. The van der Waals surface area contributed by atoms with Crippen LogP contribution in [0.25, 0.3) is 6.08 Å². The van der Waals surface area contributed by atoms with Crippen molar-refractivity contribution in [3.8, 4) is 5.75 Å². The number of nitrogens with zero attached hydrogens (tertiary/aromatic N) is 6. The summed E-state index contributed by atoms with van der Waals surface area (Å²) in [7, 11) is 0.330. The average molecular weight is 915 g/mol. The molecule has 0 N–H and O–H groups in total. The number of anilines is 2. The number of rotatable bonds is 18. The summed E-state index contributed by atoms with van der Waals surface area (Å²) in [6.07, 6.45) is 3.86. The molecule has 1 atom stereocenters. The first-order valence-electron chi connectivity index (χ1n) is 23.8. The van der Waals surface area contributed by atoms with E-state index in [1.807, 2.05) is 84.3 Å². The predicted molar refractivity (Wildman–Crippen MR) is 271 cm³/mol. The zero-order valence-electron chi connectivity index (χ0n) is 41.0. The molecule has 2 fully saturated rings. The quantitative estimate of drug-likeness (QED) is 0.0725. The third-order valence-electron chi connectivity index (χ3n) is 13.4. The van der Waals surface area contributed by atoms with Gasteiger partial charge in [-0.25, -0.2) is 0 Å². The molecule has 354 valence electrons. The highest BCUT2D eigenvalue weighted by Crippen LogP contribution is 2.36. The summed E-state index contributed by atoms with van der Waals surface area (Å²) in [5.41, 5.74) is 6.27. The van der Waals surface area contributed by atoms with Crippen LogP contribution >= 0.6 is 0 Å². The SMILES string of the molecule is CC(=O)N1CCN(c2ccc(CN(C(=O)C=Cc3ccc(OC(C)C)cc3)[C@@H](Cc3ccccc3)C(=O)N3CCN(Cc4ccc(N(C)CCO[Si](C)(C)C(C)(C)C)cc4)CC3)cc2)CC1. The molecule has 2 saturated heterocycles. The van der Waals surface area contributed by atoms with E-state index in [-0.39, 0.29) is 35.4 Å². The Morgan fingerprint density at radius 2 is 1.35 bits per heavy atom. The van der Waals surface area contributed by atoms with Gasteiger partial charge in [-0.05, 0) is 96.7 Å². The minimum atomic E-state index is -1.79. The van der Waals surface area contributed by atoms with Gasteiger partial charge in [0.25, 0.3) is 0 Å². The molecule has 0 saturated carbocycles. The standard InChI is InChI=1S/C54H74N6O5Si/c1-42(2)65-50-26-19-44(20-27-50)21-28-52(62)60(41-47-17-24-49(25-18-47)58-35-33-57(34-36-58)43(3)61)51(39-45-13-11-10-12-14-45)53(63)59-31-29-56(30-32-59)40-46-15-22-48(23-16-46)55(7)37-38-64-66(8,9)54(4,5)6/h10-28,42,51H,29-41H2,1-9H3/t51-/m0/s1. The molecule has 0 bridgehead atoms. The van der Waals surface area contributed by atoms with Crippen LogP contribution in [-0.4, -0.2) is 130 Å². The topological polar surface area (TPSA) is 89.1 Å². The van der Waals surface area contributed by atoms with Crippen molar-refractivity contribution in [2.24, 2.45) is 0 Å². The van der Waals surface area contributed by atoms with Crippen molar-refractivity contribution in [3.63, 3.8) is 0 Å². The lowest BCUT2D eigenvalue weighted by atomic mass is 10.0. The fourth-order valence-corrected chi connectivity index (χ4v) is 9.26. The summed E-state index contributed by atoms with van der Waals surface area (Å²) in [5, 5.41) is 0.190. The average Bonchev–Trinajstić information content (AvgIpc) is 3.30. The zero-order valence-corrected chi connectivity index (χ0v) is 42.0. The molecule has 12 heteroatoms. The lowest BCUT2D eigenvalue weighted by Gasteiger charge is -2.39. The maximum absolute atomic E-state index is 14.9. The number of piperazine rings is 2. The van der Waals surface area contributed by atoms with Gasteiger partial charge < -0.3 is 33.7 Å². The lowest BCUT2D eigenvalue weighted by Crippen LogP contribution is -2.56. The summed E-state index contributed by atoms with van der Waals surface area (Å²) < 4.78 is 12.3. The van der Waals surface area contributed by atoms with E-state index in [1.165, 1.54) is 11.3 Å². The Bertz CT molecular complexity index is 2190. The van der Waals surface area contributed by atoms with Crippen molar-refractivity contribution >= 4 is 43.5 Å². The second kappa shape index (κ2) is 22.8. The van der Waals surface area contributed by atoms with E-state index in [2.05, 4.69) is 104 Å². The number of ether oxygens (including phenoxy) is 1. The third-order valence-corrected chi connectivity index (χ3v) is 18.0. The van der Waals surface area contributed by atoms with Crippen molar-refractivity contribution in [3.05, 3.63) is 131 Å². The molecule has 3 amide bonds. The van der Waals surface area contributed by atoms with E-state index in [9.17, 15) is 14.4 Å². The number of hydrogen-bond donors (Lipinski definition) is 0. The molecule has 2 heterocycles. The molecular formula is C54H74N6O5Si. The normalized spacial score (nSPS) is 15.6. The van der Waals surface area contributed by atoms with Crippen LogP contribution in [0, 0.1) is 0 Å². The molecule has 0 unspecified atom stereocenters. The van der Waals surface area contributed by atoms with Crippen molar-refractivity contribution < 1.29 is 23.5 Å². The largest absolute Gasteiger partial charge is 0.491 e. The third kappa shape index (κ3) is 14.0. The van der Waals surface area contributed by atoms with Crippen molar-refractivity contribution in [1.29, 1.82) is 0 Å². The van der Waals surface area contributed by atoms with Gasteiger partial charge in [0, 0.05) is 110 Å². The van der Waals surface area contributed by atoms with E-state index in [1.54, 1.807) is 17.9 Å². The van der Waals surface area contributed by atoms with Gasteiger partial charge in [0.15, 0.2) is 8.32 Å². The Morgan fingerprint density at radius 3 is 1.94 bits per heavy atom. The molecule has 0 aliphatic carbocycles. The van der Waals surface area contributed by atoms with E-state index in [0.717, 1.165) is 67.4 Å². The van der Waals surface area contributed by atoms with Gasteiger partial charge >= 0.3 is 0 Å². The maximum Gasteiger partial charge on any atom is 0.247 e. The molecule has 2 aliphatic rings. The van der Waals surface area contributed by atoms with Crippen LogP contribution in [-0.2, 0) is 38.3 Å². The Kier molecular flexibility index (Phi) is 17.3. The Labute approximate surface area is 396 Å². The number of likely N-dealkylation sites (N-methyl/N-ethyl adjacent to an activating group) is 1. The van der Waals surface area contributed by atoms with E-state index in [0.29, 0.717) is 39.2 Å². The van der Waals surface area contributed by atoms with Gasteiger partial charge in [0.1, 0.15) is 11.8 Å². The molecule has 0 radical (unpaired) electrons. The maximum atomic E-state index is 14.9. The first-order valence-corrected chi connectivity index (χ1v) is 26.7. The van der Waals surface area contributed by atoms with Crippen LogP contribution in [0.5, 0.6) is 5.75 Å². The van der Waals surface area contributed by atoms with Crippen LogP contribution in [0.1, 0.15) is 63.8 Å². The summed E-state index contributed by atoms with van der Waals surface area (Å²) in [4.78, 5) is 54.0. The van der Waals surface area contributed by atoms with E-state index < -0.39 is 14.4 Å². The number of amides is 3. The molecular weight excluding hydrogens is 841 g/mol. The fourth-order valence-electron chi connectivity index (χ4n) is 8.23. The van der Waals surface area contributed by atoms with Gasteiger partial charge in [-0.2, -0.15) is 0 Å². The summed E-state index contributed by atoms with van der Waals surface area (Å²) in [6, 6.07) is 34.1. The highest BCUT2D eigenvalue weighted by Gasteiger charge is 2.37. The minimum Gasteiger partial charge on any atom is -0.491 e. The molecule has 4 aromatic rings. The first kappa shape index (κ1) is 50.0. The first-order chi connectivity index (χ1) is 31.5. The molecule has 11 nitrogen and oxygen atoms in total. The van der Waals surface area contributed by atoms with E-state index >= 15 is 0 Å². The fraction of sp³-hybridized carbons (Fsp3) is 0.463.